The number of hydrogen-bond donors (Lipinski definition) is 0. The Hall–Kier alpha value is -2.22. The Balaban J connectivity index is 1.99. The molecule has 27 heavy (non-hydrogen) atoms. The lowest BCUT2D eigenvalue weighted by molar-refractivity contribution is -0.112. The van der Waals surface area contributed by atoms with Crippen LogP contribution in [0, 0.1) is 23.2 Å². The van der Waals surface area contributed by atoms with Gasteiger partial charge in [0.1, 0.15) is 12.2 Å². The average molecular weight is 378 g/mol. The maximum atomic E-state index is 11.1. The number of hydrogen-bond acceptors (Lipinski definition) is 3. The molecule has 3 rings (SSSR count). The summed E-state index contributed by atoms with van der Waals surface area (Å²) in [6.07, 6.45) is 2.43. The molecule has 0 bridgehead atoms. The quantitative estimate of drug-likeness (QED) is 0.570. The summed E-state index contributed by atoms with van der Waals surface area (Å²) in [7, 11) is -2.54. The predicted molar refractivity (Wildman–Crippen MR) is 110 cm³/mol. The highest BCUT2D eigenvalue weighted by Crippen LogP contribution is 2.43. The standard InChI is InChI=1S/C23H27NO2Si/c1-23(2,3)27(21-10-6-4-7-11-21,22-12-8-5-9-13-22)26-20-14-18(15-20)19(16-24)17-25/h4-13,17-20H,14-15H2,1-3H3. The summed E-state index contributed by atoms with van der Waals surface area (Å²) in [5, 5.41) is 11.6. The minimum absolute atomic E-state index is 0.0555. The van der Waals surface area contributed by atoms with Gasteiger partial charge in [-0.2, -0.15) is 5.26 Å². The summed E-state index contributed by atoms with van der Waals surface area (Å²) in [6.45, 7) is 6.79. The van der Waals surface area contributed by atoms with Crippen molar-refractivity contribution in [2.75, 3.05) is 0 Å². The summed E-state index contributed by atoms with van der Waals surface area (Å²) in [5.41, 5.74) is 0. The Morgan fingerprint density at radius 3 is 1.89 bits per heavy atom. The highest BCUT2D eigenvalue weighted by atomic mass is 28.4. The van der Waals surface area contributed by atoms with E-state index in [2.05, 4.69) is 75.4 Å². The van der Waals surface area contributed by atoms with Crippen LogP contribution in [0.25, 0.3) is 0 Å². The zero-order valence-electron chi connectivity index (χ0n) is 16.3. The first-order valence-electron chi connectivity index (χ1n) is 9.56. The van der Waals surface area contributed by atoms with E-state index in [1.807, 2.05) is 12.1 Å². The topological polar surface area (TPSA) is 50.1 Å². The Morgan fingerprint density at radius 2 is 1.52 bits per heavy atom. The molecular weight excluding hydrogens is 350 g/mol. The molecule has 0 N–H and O–H groups in total. The van der Waals surface area contributed by atoms with Gasteiger partial charge in [0.05, 0.1) is 6.07 Å². The largest absolute Gasteiger partial charge is 0.404 e. The second kappa shape index (κ2) is 7.80. The first-order chi connectivity index (χ1) is 12.9. The molecule has 0 saturated heterocycles. The van der Waals surface area contributed by atoms with Crippen molar-refractivity contribution in [3.63, 3.8) is 0 Å². The van der Waals surface area contributed by atoms with Gasteiger partial charge in [0.15, 0.2) is 0 Å². The minimum Gasteiger partial charge on any atom is -0.404 e. The van der Waals surface area contributed by atoms with Gasteiger partial charge in [0.2, 0.25) is 0 Å². The van der Waals surface area contributed by atoms with Crippen LogP contribution in [-0.4, -0.2) is 20.7 Å². The van der Waals surface area contributed by atoms with Crippen LogP contribution in [-0.2, 0) is 9.22 Å². The molecule has 140 valence electrons. The number of benzene rings is 2. The first-order valence-corrected chi connectivity index (χ1v) is 11.5. The molecule has 1 saturated carbocycles. The van der Waals surface area contributed by atoms with Crippen molar-refractivity contribution in [1.29, 1.82) is 5.26 Å². The van der Waals surface area contributed by atoms with Crippen LogP contribution in [0.15, 0.2) is 60.7 Å². The second-order valence-corrected chi connectivity index (χ2v) is 12.7. The number of rotatable bonds is 6. The van der Waals surface area contributed by atoms with Gasteiger partial charge in [-0.15, -0.1) is 0 Å². The molecule has 0 aromatic heterocycles. The molecule has 1 atom stereocenters. The van der Waals surface area contributed by atoms with Crippen LogP contribution in [0.5, 0.6) is 0 Å². The fourth-order valence-electron chi connectivity index (χ4n) is 4.18. The molecule has 0 heterocycles. The molecule has 0 spiro atoms. The summed E-state index contributed by atoms with van der Waals surface area (Å²) >= 11 is 0. The summed E-state index contributed by atoms with van der Waals surface area (Å²) < 4.78 is 6.99. The van der Waals surface area contributed by atoms with E-state index in [0.717, 1.165) is 19.1 Å². The molecule has 1 aliphatic rings. The van der Waals surface area contributed by atoms with Crippen molar-refractivity contribution in [3.8, 4) is 6.07 Å². The van der Waals surface area contributed by atoms with E-state index in [-0.39, 0.29) is 17.1 Å². The third-order valence-electron chi connectivity index (χ3n) is 5.70. The molecule has 2 aromatic rings. The lowest BCUT2D eigenvalue weighted by Crippen LogP contribution is -2.68. The number of nitrogens with zero attached hydrogens (tertiary/aromatic N) is 1. The van der Waals surface area contributed by atoms with E-state index in [9.17, 15) is 4.79 Å². The number of carbonyl (C=O) groups is 1. The van der Waals surface area contributed by atoms with Crippen LogP contribution >= 0.6 is 0 Å². The number of nitriles is 1. The Kier molecular flexibility index (Phi) is 5.64. The lowest BCUT2D eigenvalue weighted by Gasteiger charge is -2.49. The lowest BCUT2D eigenvalue weighted by atomic mass is 9.75. The summed E-state index contributed by atoms with van der Waals surface area (Å²) in [4.78, 5) is 11.1. The summed E-state index contributed by atoms with van der Waals surface area (Å²) in [5.74, 6) is -0.389. The van der Waals surface area contributed by atoms with E-state index < -0.39 is 14.2 Å². The van der Waals surface area contributed by atoms with Gasteiger partial charge in [0, 0.05) is 6.10 Å². The molecule has 1 fully saturated rings. The van der Waals surface area contributed by atoms with Crippen molar-refractivity contribution >= 4 is 25.0 Å². The average Bonchev–Trinajstić information content (AvgIpc) is 2.64. The van der Waals surface area contributed by atoms with Gasteiger partial charge < -0.3 is 9.22 Å². The van der Waals surface area contributed by atoms with E-state index in [1.165, 1.54) is 10.4 Å². The van der Waals surface area contributed by atoms with Gasteiger partial charge in [-0.25, -0.2) is 0 Å². The van der Waals surface area contributed by atoms with E-state index >= 15 is 0 Å². The van der Waals surface area contributed by atoms with Crippen molar-refractivity contribution in [2.45, 2.75) is 44.8 Å². The fourth-order valence-corrected chi connectivity index (χ4v) is 8.89. The molecule has 3 nitrogen and oxygen atoms in total. The minimum atomic E-state index is -2.54. The zero-order chi connectivity index (χ0) is 19.5. The summed E-state index contributed by atoms with van der Waals surface area (Å²) in [6, 6.07) is 23.3. The Labute approximate surface area is 163 Å². The first kappa shape index (κ1) is 19.5. The van der Waals surface area contributed by atoms with Crippen molar-refractivity contribution < 1.29 is 9.22 Å². The smallest absolute Gasteiger partial charge is 0.261 e. The van der Waals surface area contributed by atoms with Crippen molar-refractivity contribution in [1.82, 2.24) is 0 Å². The van der Waals surface area contributed by atoms with Crippen LogP contribution < -0.4 is 10.4 Å². The molecule has 0 aliphatic heterocycles. The van der Waals surface area contributed by atoms with Gasteiger partial charge in [-0.1, -0.05) is 81.4 Å². The molecule has 0 radical (unpaired) electrons. The molecule has 1 unspecified atom stereocenters. The van der Waals surface area contributed by atoms with E-state index in [0.29, 0.717) is 0 Å². The number of aldehydes is 1. The highest BCUT2D eigenvalue weighted by molar-refractivity contribution is 6.99. The third-order valence-corrected chi connectivity index (χ3v) is 10.8. The fraction of sp³-hybridized carbons (Fsp3) is 0.391. The van der Waals surface area contributed by atoms with Gasteiger partial charge in [-0.3, -0.25) is 0 Å². The number of carbonyl (C=O) groups excluding carboxylic acids is 1. The normalized spacial score (nSPS) is 21.0. The Morgan fingerprint density at radius 1 is 1.04 bits per heavy atom. The monoisotopic (exact) mass is 377 g/mol. The van der Waals surface area contributed by atoms with Gasteiger partial charge >= 0.3 is 0 Å². The molecular formula is C23H27NO2Si. The predicted octanol–water partition coefficient (Wildman–Crippen LogP) is 3.68. The third kappa shape index (κ3) is 3.62. The molecule has 2 aromatic carbocycles. The Bertz CT molecular complexity index is 762. The van der Waals surface area contributed by atoms with Crippen LogP contribution in [0.2, 0.25) is 5.04 Å². The highest BCUT2D eigenvalue weighted by Gasteiger charge is 2.53. The SMILES string of the molecule is CC(C)(C)[Si](OC1CC(C(C#N)C=O)C1)(c1ccccc1)c1ccccc1. The van der Waals surface area contributed by atoms with Crippen LogP contribution in [0.4, 0.5) is 0 Å². The second-order valence-electron chi connectivity index (χ2n) is 8.43. The van der Waals surface area contributed by atoms with Crippen molar-refractivity contribution in [3.05, 3.63) is 60.7 Å². The molecule has 4 heteroatoms. The zero-order valence-corrected chi connectivity index (χ0v) is 17.3. The van der Waals surface area contributed by atoms with Crippen LogP contribution in [0.1, 0.15) is 33.6 Å². The van der Waals surface area contributed by atoms with Crippen molar-refractivity contribution in [2.24, 2.45) is 11.8 Å². The molecule has 1 aliphatic carbocycles. The maximum absolute atomic E-state index is 11.1. The van der Waals surface area contributed by atoms with E-state index in [1.54, 1.807) is 0 Å². The van der Waals surface area contributed by atoms with Gasteiger partial charge in [0.25, 0.3) is 8.32 Å². The molecule has 0 amide bonds. The van der Waals surface area contributed by atoms with E-state index in [4.69, 9.17) is 9.69 Å². The van der Waals surface area contributed by atoms with Crippen LogP contribution in [0.3, 0.4) is 0 Å². The van der Waals surface area contributed by atoms with Gasteiger partial charge in [-0.05, 0) is 34.2 Å². The maximum Gasteiger partial charge on any atom is 0.261 e.